The molecule has 5 nitrogen and oxygen atoms in total. The molecule has 4 aromatic rings. The van der Waals surface area contributed by atoms with Gasteiger partial charge in [-0.2, -0.15) is 10.2 Å². The molecule has 0 fully saturated rings. The van der Waals surface area contributed by atoms with Crippen molar-refractivity contribution < 1.29 is 0 Å². The number of aromatic nitrogens is 2. The summed E-state index contributed by atoms with van der Waals surface area (Å²) in [6, 6.07) is 20.2. The van der Waals surface area contributed by atoms with Crippen LogP contribution in [0.15, 0.2) is 77.3 Å². The molecule has 0 atom stereocenters. The van der Waals surface area contributed by atoms with Gasteiger partial charge < -0.3 is 5.32 Å². The average molecular weight is 432 g/mol. The normalized spacial score (nSPS) is 11.0. The third kappa shape index (κ3) is 4.48. The second kappa shape index (κ2) is 9.02. The molecule has 150 valence electrons. The van der Waals surface area contributed by atoms with E-state index in [2.05, 4.69) is 41.8 Å². The van der Waals surface area contributed by atoms with Crippen LogP contribution in [0.2, 0.25) is 0 Å². The summed E-state index contributed by atoms with van der Waals surface area (Å²) in [5.74, 6) is 0. The van der Waals surface area contributed by atoms with Crippen molar-refractivity contribution in [2.75, 3.05) is 5.32 Å². The maximum atomic E-state index is 5.39. The molecule has 0 unspecified atom stereocenters. The summed E-state index contributed by atoms with van der Waals surface area (Å²) in [6.45, 7) is 4.14. The molecule has 0 amide bonds. The highest BCUT2D eigenvalue weighted by Gasteiger charge is 2.12. The molecule has 0 spiro atoms. The van der Waals surface area contributed by atoms with E-state index in [1.54, 1.807) is 17.6 Å². The van der Waals surface area contributed by atoms with Gasteiger partial charge in [0.25, 0.3) is 0 Å². The van der Waals surface area contributed by atoms with Gasteiger partial charge >= 0.3 is 0 Å². The minimum atomic E-state index is 0.438. The Kier molecular flexibility index (Phi) is 6.02. The summed E-state index contributed by atoms with van der Waals surface area (Å²) >= 11 is 7.04. The molecule has 0 aliphatic rings. The Morgan fingerprint density at radius 1 is 1.07 bits per heavy atom. The van der Waals surface area contributed by atoms with Crippen LogP contribution in [0.25, 0.3) is 16.3 Å². The number of benzene rings is 2. The Bertz CT molecular complexity index is 1180. The van der Waals surface area contributed by atoms with E-state index in [1.807, 2.05) is 64.8 Å². The zero-order valence-electron chi connectivity index (χ0n) is 16.7. The van der Waals surface area contributed by atoms with Crippen molar-refractivity contribution in [3.05, 3.63) is 88.9 Å². The third-order valence-electron chi connectivity index (χ3n) is 4.74. The molecular formula is C23H21N5S2. The lowest BCUT2D eigenvalue weighted by atomic mass is 10.1. The van der Waals surface area contributed by atoms with Crippen LogP contribution in [0.3, 0.4) is 0 Å². The van der Waals surface area contributed by atoms with E-state index < -0.39 is 0 Å². The zero-order valence-corrected chi connectivity index (χ0v) is 18.3. The predicted octanol–water partition coefficient (Wildman–Crippen LogP) is 5.54. The zero-order chi connectivity index (χ0) is 20.9. The van der Waals surface area contributed by atoms with E-state index in [9.17, 15) is 0 Å². The number of nitrogens with zero attached hydrogens (tertiary/aromatic N) is 3. The first-order valence-electron chi connectivity index (χ1n) is 9.47. The van der Waals surface area contributed by atoms with Crippen molar-refractivity contribution in [2.24, 2.45) is 5.10 Å². The fourth-order valence-electron chi connectivity index (χ4n) is 3.00. The quantitative estimate of drug-likeness (QED) is 0.248. The molecule has 0 radical (unpaired) electrons. The average Bonchev–Trinajstić information content (AvgIpc) is 3.42. The highest BCUT2D eigenvalue weighted by atomic mass is 32.1. The molecule has 2 heterocycles. The topological polar surface area (TPSA) is 54.2 Å². The van der Waals surface area contributed by atoms with Gasteiger partial charge in [-0.05, 0) is 66.8 Å². The first kappa shape index (κ1) is 20.0. The first-order chi connectivity index (χ1) is 14.6. The number of anilines is 1. The molecule has 4 rings (SSSR count). The van der Waals surface area contributed by atoms with Gasteiger partial charge in [0.1, 0.15) is 5.69 Å². The van der Waals surface area contributed by atoms with Crippen LogP contribution in [0.5, 0.6) is 0 Å². The molecule has 2 N–H and O–H groups in total. The van der Waals surface area contributed by atoms with E-state index in [-0.39, 0.29) is 0 Å². The number of para-hydroxylation sites is 1. The lowest BCUT2D eigenvalue weighted by molar-refractivity contribution is 0.885. The first-order valence-corrected chi connectivity index (χ1v) is 10.8. The van der Waals surface area contributed by atoms with Gasteiger partial charge in [0.2, 0.25) is 0 Å². The van der Waals surface area contributed by atoms with Crippen LogP contribution >= 0.6 is 23.6 Å². The van der Waals surface area contributed by atoms with Gasteiger partial charge in [-0.25, -0.2) is 4.68 Å². The van der Waals surface area contributed by atoms with Crippen LogP contribution < -0.4 is 10.7 Å². The summed E-state index contributed by atoms with van der Waals surface area (Å²) in [6.07, 6.45) is 3.72. The predicted molar refractivity (Wildman–Crippen MR) is 130 cm³/mol. The van der Waals surface area contributed by atoms with Crippen molar-refractivity contribution in [3.63, 3.8) is 0 Å². The van der Waals surface area contributed by atoms with Crippen molar-refractivity contribution in [2.45, 2.75) is 13.8 Å². The lowest BCUT2D eigenvalue weighted by Crippen LogP contribution is -2.24. The van der Waals surface area contributed by atoms with Gasteiger partial charge in [-0.3, -0.25) is 5.43 Å². The largest absolute Gasteiger partial charge is 0.331 e. The Balaban J connectivity index is 1.53. The molecule has 30 heavy (non-hydrogen) atoms. The summed E-state index contributed by atoms with van der Waals surface area (Å²) in [7, 11) is 0. The van der Waals surface area contributed by atoms with Crippen molar-refractivity contribution >= 4 is 40.6 Å². The van der Waals surface area contributed by atoms with Crippen LogP contribution in [-0.4, -0.2) is 21.1 Å². The van der Waals surface area contributed by atoms with E-state index >= 15 is 0 Å². The molecule has 0 aliphatic heterocycles. The molecule has 0 bridgehead atoms. The minimum absolute atomic E-state index is 0.438. The molecule has 2 aromatic heterocycles. The lowest BCUT2D eigenvalue weighted by Gasteiger charge is -2.11. The number of thiophene rings is 1. The van der Waals surface area contributed by atoms with Gasteiger partial charge in [0.15, 0.2) is 5.11 Å². The van der Waals surface area contributed by atoms with Crippen LogP contribution in [0.1, 0.15) is 16.7 Å². The van der Waals surface area contributed by atoms with Crippen molar-refractivity contribution in [1.29, 1.82) is 0 Å². The Hall–Kier alpha value is -3.29. The second-order valence-electron chi connectivity index (χ2n) is 6.76. The maximum absolute atomic E-state index is 5.39. The van der Waals surface area contributed by atoms with Crippen LogP contribution in [0, 0.1) is 13.8 Å². The Morgan fingerprint density at radius 2 is 1.90 bits per heavy atom. The molecule has 0 saturated carbocycles. The number of aryl methyl sites for hydroxylation is 1. The number of thiocarbonyl (C=S) groups is 1. The van der Waals surface area contributed by atoms with Gasteiger partial charge in [-0.15, -0.1) is 11.3 Å². The van der Waals surface area contributed by atoms with Crippen molar-refractivity contribution in [3.8, 4) is 16.3 Å². The Morgan fingerprint density at radius 3 is 2.67 bits per heavy atom. The third-order valence-corrected chi connectivity index (χ3v) is 5.81. The molecular weight excluding hydrogens is 410 g/mol. The van der Waals surface area contributed by atoms with Crippen LogP contribution in [-0.2, 0) is 0 Å². The molecule has 0 saturated heterocycles. The van der Waals surface area contributed by atoms with E-state index in [1.165, 1.54) is 5.56 Å². The number of hydrogen-bond donors (Lipinski definition) is 2. The summed E-state index contributed by atoms with van der Waals surface area (Å²) in [4.78, 5) is 1.09. The smallest absolute Gasteiger partial charge is 0.191 e. The number of hydrogen-bond acceptors (Lipinski definition) is 4. The molecule has 7 heteroatoms. The van der Waals surface area contributed by atoms with Crippen molar-refractivity contribution in [1.82, 2.24) is 15.2 Å². The SMILES string of the molecule is Cc1cccc(NC(=S)NN=Cc2cn(-c3ccccc3)nc2-c2cccs2)c1C. The molecule has 2 aromatic carbocycles. The second-order valence-corrected chi connectivity index (χ2v) is 8.12. The molecule has 0 aliphatic carbocycles. The van der Waals surface area contributed by atoms with E-state index in [0.29, 0.717) is 5.11 Å². The monoisotopic (exact) mass is 431 g/mol. The van der Waals surface area contributed by atoms with Gasteiger partial charge in [-0.1, -0.05) is 36.4 Å². The van der Waals surface area contributed by atoms with Gasteiger partial charge in [0, 0.05) is 17.4 Å². The van der Waals surface area contributed by atoms with E-state index in [4.69, 9.17) is 17.3 Å². The van der Waals surface area contributed by atoms with E-state index in [0.717, 1.165) is 33.1 Å². The summed E-state index contributed by atoms with van der Waals surface area (Å²) < 4.78 is 1.86. The summed E-state index contributed by atoms with van der Waals surface area (Å²) in [5, 5.41) is 14.8. The fraction of sp³-hybridized carbons (Fsp3) is 0.0870. The summed E-state index contributed by atoms with van der Waals surface area (Å²) in [5.41, 5.74) is 9.03. The van der Waals surface area contributed by atoms with Gasteiger partial charge in [0.05, 0.1) is 16.8 Å². The number of hydrazone groups is 1. The number of nitrogens with one attached hydrogen (secondary N) is 2. The minimum Gasteiger partial charge on any atom is -0.331 e. The highest BCUT2D eigenvalue weighted by molar-refractivity contribution is 7.80. The number of rotatable bonds is 5. The maximum Gasteiger partial charge on any atom is 0.191 e. The van der Waals surface area contributed by atoms with Crippen LogP contribution in [0.4, 0.5) is 5.69 Å². The Labute approximate surface area is 185 Å². The standard InChI is InChI=1S/C23H21N5S2/c1-16-8-6-11-20(17(16)2)25-23(29)26-24-14-18-15-28(19-9-4-3-5-10-19)27-22(18)21-12-7-13-30-21/h3-15H,1-2H3,(H2,25,26,29). The highest BCUT2D eigenvalue weighted by Crippen LogP contribution is 2.26. The fourth-order valence-corrected chi connectivity index (χ4v) is 3.89.